The molecule has 6 nitrogen and oxygen atoms in total. The van der Waals surface area contributed by atoms with Crippen LogP contribution in [0.4, 0.5) is 0 Å². The van der Waals surface area contributed by atoms with E-state index in [1.54, 1.807) is 18.0 Å². The van der Waals surface area contributed by atoms with E-state index < -0.39 is 0 Å². The molecule has 0 aliphatic carbocycles. The molecular formula is C12H18N4O2. The Kier molecular flexibility index (Phi) is 5.23. The normalized spacial score (nSPS) is 9.94. The van der Waals surface area contributed by atoms with Crippen LogP contribution in [-0.4, -0.2) is 58.3 Å². The third kappa shape index (κ3) is 3.51. The standard InChI is InChI=1S/C12H18N4O2/c1-4-16(5-2)10(17)9-15(3)12(18)11-13-7-6-8-14-11/h6-8H,4-5,9H2,1-3H3. The predicted octanol–water partition coefficient (Wildman–Crippen LogP) is 0.417. The van der Waals surface area contributed by atoms with Gasteiger partial charge in [-0.25, -0.2) is 9.97 Å². The Labute approximate surface area is 107 Å². The molecule has 0 saturated heterocycles. The molecule has 0 aromatic carbocycles. The first-order valence-corrected chi connectivity index (χ1v) is 5.90. The maximum absolute atomic E-state index is 11.9. The summed E-state index contributed by atoms with van der Waals surface area (Å²) in [6.45, 7) is 5.13. The van der Waals surface area contributed by atoms with Crippen LogP contribution in [0, 0.1) is 0 Å². The zero-order chi connectivity index (χ0) is 13.5. The summed E-state index contributed by atoms with van der Waals surface area (Å²) in [6, 6.07) is 1.64. The van der Waals surface area contributed by atoms with Gasteiger partial charge in [-0.3, -0.25) is 9.59 Å². The molecule has 6 heteroatoms. The lowest BCUT2D eigenvalue weighted by atomic mass is 10.4. The van der Waals surface area contributed by atoms with Gasteiger partial charge in [0.15, 0.2) is 0 Å². The lowest BCUT2D eigenvalue weighted by Gasteiger charge is -2.22. The molecule has 0 spiro atoms. The van der Waals surface area contributed by atoms with E-state index in [2.05, 4.69) is 9.97 Å². The van der Waals surface area contributed by atoms with Gasteiger partial charge in [0.05, 0.1) is 6.54 Å². The summed E-state index contributed by atoms with van der Waals surface area (Å²) >= 11 is 0. The molecule has 0 aliphatic rings. The second-order valence-electron chi connectivity index (χ2n) is 3.80. The fraction of sp³-hybridized carbons (Fsp3) is 0.500. The number of hydrogen-bond donors (Lipinski definition) is 0. The highest BCUT2D eigenvalue weighted by Gasteiger charge is 2.19. The Hall–Kier alpha value is -1.98. The topological polar surface area (TPSA) is 66.4 Å². The van der Waals surface area contributed by atoms with Crippen LogP contribution in [0.5, 0.6) is 0 Å². The number of rotatable bonds is 5. The van der Waals surface area contributed by atoms with Gasteiger partial charge in [0.2, 0.25) is 11.7 Å². The van der Waals surface area contributed by atoms with E-state index in [-0.39, 0.29) is 24.2 Å². The minimum atomic E-state index is -0.351. The third-order valence-electron chi connectivity index (χ3n) is 2.59. The average Bonchev–Trinajstić information content (AvgIpc) is 2.40. The first kappa shape index (κ1) is 14.1. The Balaban J connectivity index is 2.63. The van der Waals surface area contributed by atoms with E-state index in [9.17, 15) is 9.59 Å². The number of hydrogen-bond acceptors (Lipinski definition) is 4. The monoisotopic (exact) mass is 250 g/mol. The van der Waals surface area contributed by atoms with Gasteiger partial charge in [0.1, 0.15) is 0 Å². The summed E-state index contributed by atoms with van der Waals surface area (Å²) < 4.78 is 0. The van der Waals surface area contributed by atoms with Crippen molar-refractivity contribution in [3.05, 3.63) is 24.3 Å². The molecule has 1 rings (SSSR count). The number of nitrogens with zero attached hydrogens (tertiary/aromatic N) is 4. The predicted molar refractivity (Wildman–Crippen MR) is 66.9 cm³/mol. The second-order valence-corrected chi connectivity index (χ2v) is 3.80. The van der Waals surface area contributed by atoms with Crippen molar-refractivity contribution < 1.29 is 9.59 Å². The van der Waals surface area contributed by atoms with E-state index in [4.69, 9.17) is 0 Å². The molecule has 2 amide bonds. The zero-order valence-corrected chi connectivity index (χ0v) is 11.0. The lowest BCUT2D eigenvalue weighted by Crippen LogP contribution is -2.41. The summed E-state index contributed by atoms with van der Waals surface area (Å²) in [7, 11) is 1.57. The Bertz CT molecular complexity index is 404. The number of likely N-dealkylation sites (N-methyl/N-ethyl adjacent to an activating group) is 2. The highest BCUT2D eigenvalue weighted by atomic mass is 16.2. The van der Waals surface area contributed by atoms with Crippen LogP contribution in [0.2, 0.25) is 0 Å². The molecule has 18 heavy (non-hydrogen) atoms. The van der Waals surface area contributed by atoms with Crippen molar-refractivity contribution in [2.75, 3.05) is 26.7 Å². The van der Waals surface area contributed by atoms with Gasteiger partial charge < -0.3 is 9.80 Å². The highest BCUT2D eigenvalue weighted by Crippen LogP contribution is 1.98. The maximum Gasteiger partial charge on any atom is 0.291 e. The molecule has 0 bridgehead atoms. The first-order valence-electron chi connectivity index (χ1n) is 5.90. The quantitative estimate of drug-likeness (QED) is 0.759. The fourth-order valence-electron chi connectivity index (χ4n) is 1.53. The number of amides is 2. The molecule has 98 valence electrons. The van der Waals surface area contributed by atoms with Crippen molar-refractivity contribution in [1.82, 2.24) is 19.8 Å². The van der Waals surface area contributed by atoms with Gasteiger partial charge in [-0.05, 0) is 19.9 Å². The molecule has 1 aromatic rings. The highest BCUT2D eigenvalue weighted by molar-refractivity contribution is 5.93. The van der Waals surface area contributed by atoms with Crippen LogP contribution in [0.25, 0.3) is 0 Å². The van der Waals surface area contributed by atoms with Crippen LogP contribution >= 0.6 is 0 Å². The zero-order valence-electron chi connectivity index (χ0n) is 11.0. The SMILES string of the molecule is CCN(CC)C(=O)CN(C)C(=O)c1ncccn1. The second kappa shape index (κ2) is 6.68. The minimum Gasteiger partial charge on any atom is -0.342 e. The van der Waals surface area contributed by atoms with E-state index in [1.165, 1.54) is 17.3 Å². The van der Waals surface area contributed by atoms with Crippen molar-refractivity contribution in [1.29, 1.82) is 0 Å². The number of carbonyl (C=O) groups excluding carboxylic acids is 2. The number of carbonyl (C=O) groups is 2. The Morgan fingerprint density at radius 3 is 2.22 bits per heavy atom. The largest absolute Gasteiger partial charge is 0.342 e. The molecule has 1 heterocycles. The first-order chi connectivity index (χ1) is 8.60. The van der Waals surface area contributed by atoms with Gasteiger partial charge >= 0.3 is 0 Å². The van der Waals surface area contributed by atoms with Crippen LogP contribution in [0.3, 0.4) is 0 Å². The van der Waals surface area contributed by atoms with Crippen molar-refractivity contribution in [3.63, 3.8) is 0 Å². The molecule has 1 aromatic heterocycles. The fourth-order valence-corrected chi connectivity index (χ4v) is 1.53. The summed E-state index contributed by atoms with van der Waals surface area (Å²) in [6.07, 6.45) is 3.00. The lowest BCUT2D eigenvalue weighted by molar-refractivity contribution is -0.131. The summed E-state index contributed by atoms with van der Waals surface area (Å²) in [5.41, 5.74) is 0. The van der Waals surface area contributed by atoms with Gasteiger partial charge in [-0.15, -0.1) is 0 Å². The smallest absolute Gasteiger partial charge is 0.291 e. The summed E-state index contributed by atoms with van der Waals surface area (Å²) in [4.78, 5) is 34.5. The van der Waals surface area contributed by atoms with Crippen molar-refractivity contribution in [2.45, 2.75) is 13.8 Å². The molecule has 0 fully saturated rings. The van der Waals surface area contributed by atoms with Crippen molar-refractivity contribution >= 4 is 11.8 Å². The summed E-state index contributed by atoms with van der Waals surface area (Å²) in [5, 5.41) is 0. The number of aromatic nitrogens is 2. The molecule has 0 N–H and O–H groups in total. The molecule has 0 aliphatic heterocycles. The van der Waals surface area contributed by atoms with Gasteiger partial charge in [-0.1, -0.05) is 0 Å². The van der Waals surface area contributed by atoms with Gasteiger partial charge in [0, 0.05) is 32.5 Å². The molecule has 0 saturated carbocycles. The van der Waals surface area contributed by atoms with Crippen LogP contribution in [-0.2, 0) is 4.79 Å². The molecule has 0 unspecified atom stereocenters. The maximum atomic E-state index is 11.9. The molecule has 0 radical (unpaired) electrons. The molecular weight excluding hydrogens is 232 g/mol. The van der Waals surface area contributed by atoms with Crippen LogP contribution < -0.4 is 0 Å². The van der Waals surface area contributed by atoms with Gasteiger partial charge in [-0.2, -0.15) is 0 Å². The van der Waals surface area contributed by atoms with Gasteiger partial charge in [0.25, 0.3) is 5.91 Å². The van der Waals surface area contributed by atoms with Crippen molar-refractivity contribution in [3.8, 4) is 0 Å². The van der Waals surface area contributed by atoms with Crippen LogP contribution in [0.1, 0.15) is 24.5 Å². The van der Waals surface area contributed by atoms with E-state index in [0.717, 1.165) is 0 Å². The minimum absolute atomic E-state index is 0.0404. The van der Waals surface area contributed by atoms with Crippen LogP contribution in [0.15, 0.2) is 18.5 Å². The third-order valence-corrected chi connectivity index (χ3v) is 2.59. The average molecular weight is 250 g/mol. The van der Waals surface area contributed by atoms with E-state index >= 15 is 0 Å². The van der Waals surface area contributed by atoms with Crippen molar-refractivity contribution in [2.24, 2.45) is 0 Å². The Morgan fingerprint density at radius 2 is 1.72 bits per heavy atom. The molecule has 0 atom stereocenters. The van der Waals surface area contributed by atoms with E-state index in [1.807, 2.05) is 13.8 Å². The van der Waals surface area contributed by atoms with E-state index in [0.29, 0.717) is 13.1 Å². The Morgan fingerprint density at radius 1 is 1.17 bits per heavy atom. The summed E-state index contributed by atoms with van der Waals surface area (Å²) in [5.74, 6) is -0.324.